The third-order valence-electron chi connectivity index (χ3n) is 1.70. The molecular weight excluding hydrogens is 130 g/mol. The van der Waals surface area contributed by atoms with Crippen LogP contribution in [-0.2, 0) is 9.59 Å². The maximum absolute atomic E-state index is 11.0. The first-order chi connectivity index (χ1) is 4.52. The molecule has 1 rings (SSSR count). The summed E-state index contributed by atoms with van der Waals surface area (Å²) in [6.07, 6.45) is 0.374. The van der Waals surface area contributed by atoms with Gasteiger partial charge in [0.15, 0.2) is 5.78 Å². The zero-order valence-electron chi connectivity index (χ0n) is 6.23. The predicted molar refractivity (Wildman–Crippen MR) is 36.4 cm³/mol. The molecule has 56 valence electrons. The molecule has 0 aromatic heterocycles. The third kappa shape index (κ3) is 1.17. The van der Waals surface area contributed by atoms with Crippen molar-refractivity contribution in [2.45, 2.75) is 20.3 Å². The first kappa shape index (κ1) is 7.25. The van der Waals surface area contributed by atoms with Crippen LogP contribution in [0.4, 0.5) is 0 Å². The molecule has 1 heterocycles. The van der Waals surface area contributed by atoms with Crippen molar-refractivity contribution in [3.8, 4) is 0 Å². The maximum atomic E-state index is 11.0. The van der Waals surface area contributed by atoms with Gasteiger partial charge in [0.2, 0.25) is 5.91 Å². The van der Waals surface area contributed by atoms with E-state index in [9.17, 15) is 9.59 Å². The highest BCUT2D eigenvalue weighted by Crippen LogP contribution is 2.22. The fraction of sp³-hybridized carbons (Fsp3) is 0.714. The van der Waals surface area contributed by atoms with E-state index in [-0.39, 0.29) is 18.2 Å². The molecule has 0 saturated carbocycles. The highest BCUT2D eigenvalue weighted by atomic mass is 16.2. The van der Waals surface area contributed by atoms with Gasteiger partial charge in [0.05, 0.1) is 12.0 Å². The Hall–Kier alpha value is -0.860. The second-order valence-corrected chi connectivity index (χ2v) is 3.28. The first-order valence-electron chi connectivity index (χ1n) is 3.32. The van der Waals surface area contributed by atoms with Crippen molar-refractivity contribution in [2.75, 3.05) is 6.54 Å². The zero-order valence-corrected chi connectivity index (χ0v) is 6.23. The molecule has 3 heteroatoms. The molecule has 0 aromatic carbocycles. The lowest BCUT2D eigenvalue weighted by Gasteiger charge is -2.26. The van der Waals surface area contributed by atoms with Crippen LogP contribution in [0.5, 0.6) is 0 Å². The van der Waals surface area contributed by atoms with Crippen LogP contribution in [-0.4, -0.2) is 18.2 Å². The Labute approximate surface area is 59.8 Å². The normalized spacial score (nSPS) is 24.2. The number of hydrogen-bond acceptors (Lipinski definition) is 2. The molecule has 1 aliphatic rings. The van der Waals surface area contributed by atoms with Crippen LogP contribution in [0.15, 0.2) is 0 Å². The van der Waals surface area contributed by atoms with Crippen molar-refractivity contribution < 1.29 is 9.59 Å². The molecule has 1 amide bonds. The molecular formula is C7H11NO2. The van der Waals surface area contributed by atoms with Gasteiger partial charge < -0.3 is 5.32 Å². The van der Waals surface area contributed by atoms with Crippen LogP contribution < -0.4 is 5.32 Å². The highest BCUT2D eigenvalue weighted by molar-refractivity contribution is 5.96. The van der Waals surface area contributed by atoms with Crippen molar-refractivity contribution in [3.63, 3.8) is 0 Å². The van der Waals surface area contributed by atoms with Gasteiger partial charge >= 0.3 is 0 Å². The molecule has 0 unspecified atom stereocenters. The van der Waals surface area contributed by atoms with Gasteiger partial charge in [0.25, 0.3) is 0 Å². The Balaban J connectivity index is 2.73. The summed E-state index contributed by atoms with van der Waals surface area (Å²) >= 11 is 0. The number of piperidine rings is 1. The lowest BCUT2D eigenvalue weighted by molar-refractivity contribution is -0.138. The van der Waals surface area contributed by atoms with Crippen LogP contribution in [0.3, 0.4) is 0 Å². The quantitative estimate of drug-likeness (QED) is 0.520. The highest BCUT2D eigenvalue weighted by Gasteiger charge is 2.34. The molecule has 0 spiro atoms. The molecule has 0 atom stereocenters. The molecule has 1 N–H and O–H groups in total. The van der Waals surface area contributed by atoms with Gasteiger partial charge in [-0.15, -0.1) is 0 Å². The monoisotopic (exact) mass is 141 g/mol. The average Bonchev–Trinajstić information content (AvgIpc) is 1.78. The summed E-state index contributed by atoms with van der Waals surface area (Å²) < 4.78 is 0. The van der Waals surface area contributed by atoms with Crippen molar-refractivity contribution in [3.05, 3.63) is 0 Å². The number of nitrogens with one attached hydrogen (secondary N) is 1. The molecule has 0 radical (unpaired) electrons. The molecule has 1 aliphatic heterocycles. The van der Waals surface area contributed by atoms with E-state index >= 15 is 0 Å². The van der Waals surface area contributed by atoms with E-state index in [4.69, 9.17) is 0 Å². The second kappa shape index (κ2) is 2.08. The van der Waals surface area contributed by atoms with Gasteiger partial charge in [-0.25, -0.2) is 0 Å². The molecule has 0 bridgehead atoms. The van der Waals surface area contributed by atoms with Crippen LogP contribution in [0.1, 0.15) is 20.3 Å². The fourth-order valence-corrected chi connectivity index (χ4v) is 1.05. The number of carbonyl (C=O) groups is 2. The van der Waals surface area contributed by atoms with Crippen molar-refractivity contribution in [1.82, 2.24) is 5.32 Å². The smallest absolute Gasteiger partial charge is 0.226 e. The van der Waals surface area contributed by atoms with Crippen LogP contribution in [0.25, 0.3) is 0 Å². The lowest BCUT2D eigenvalue weighted by Crippen LogP contribution is -2.46. The summed E-state index contributed by atoms with van der Waals surface area (Å²) in [5, 5.41) is 2.53. The lowest BCUT2D eigenvalue weighted by atomic mass is 9.84. The Morgan fingerprint density at radius 2 is 2.00 bits per heavy atom. The molecule has 0 aromatic rings. The Bertz CT molecular complexity index is 184. The van der Waals surface area contributed by atoms with E-state index in [0.717, 1.165) is 0 Å². The number of amides is 1. The number of rotatable bonds is 0. The maximum Gasteiger partial charge on any atom is 0.226 e. The van der Waals surface area contributed by atoms with E-state index in [1.807, 2.05) is 0 Å². The number of ketones is 1. The predicted octanol–water partition coefficient (Wildman–Crippen LogP) is 0.102. The average molecular weight is 141 g/mol. The molecule has 1 fully saturated rings. The Morgan fingerprint density at radius 3 is 2.40 bits per heavy atom. The Morgan fingerprint density at radius 1 is 1.40 bits per heavy atom. The topological polar surface area (TPSA) is 46.2 Å². The van der Waals surface area contributed by atoms with Crippen molar-refractivity contribution in [2.24, 2.45) is 5.41 Å². The summed E-state index contributed by atoms with van der Waals surface area (Å²) in [4.78, 5) is 21.8. The summed E-state index contributed by atoms with van der Waals surface area (Å²) in [5.41, 5.74) is -0.491. The first-order valence-corrected chi connectivity index (χ1v) is 3.32. The Kier molecular flexibility index (Phi) is 1.50. The SMILES string of the molecule is CC1(C)CC(=O)CNC1=O. The fourth-order valence-electron chi connectivity index (χ4n) is 1.05. The summed E-state index contributed by atoms with van der Waals surface area (Å²) in [6.45, 7) is 3.76. The van der Waals surface area contributed by atoms with Crippen LogP contribution in [0, 0.1) is 5.41 Å². The van der Waals surface area contributed by atoms with Crippen LogP contribution >= 0.6 is 0 Å². The number of Topliss-reactive ketones (excluding diaryl/α,β-unsaturated/α-hetero) is 1. The minimum atomic E-state index is -0.491. The zero-order chi connectivity index (χ0) is 7.78. The van der Waals surface area contributed by atoms with Crippen molar-refractivity contribution in [1.29, 1.82) is 0 Å². The molecule has 0 aliphatic carbocycles. The van der Waals surface area contributed by atoms with Crippen LogP contribution in [0.2, 0.25) is 0 Å². The van der Waals surface area contributed by atoms with Gasteiger partial charge in [-0.1, -0.05) is 13.8 Å². The minimum Gasteiger partial charge on any atom is -0.349 e. The van der Waals surface area contributed by atoms with Gasteiger partial charge in [-0.05, 0) is 0 Å². The number of hydrogen-bond donors (Lipinski definition) is 1. The van der Waals surface area contributed by atoms with Gasteiger partial charge in [0.1, 0.15) is 0 Å². The largest absolute Gasteiger partial charge is 0.349 e. The van der Waals surface area contributed by atoms with Gasteiger partial charge in [-0.2, -0.15) is 0 Å². The van der Waals surface area contributed by atoms with E-state index in [2.05, 4.69) is 5.32 Å². The summed E-state index contributed by atoms with van der Waals surface area (Å²) in [6, 6.07) is 0. The van der Waals surface area contributed by atoms with Gasteiger partial charge in [0, 0.05) is 6.42 Å². The third-order valence-corrected chi connectivity index (χ3v) is 1.70. The molecule has 3 nitrogen and oxygen atoms in total. The standard InChI is InChI=1S/C7H11NO2/c1-7(2)3-5(9)4-8-6(7)10/h3-4H2,1-2H3,(H,8,10). The molecule has 1 saturated heterocycles. The second-order valence-electron chi connectivity index (χ2n) is 3.28. The summed E-state index contributed by atoms with van der Waals surface area (Å²) in [7, 11) is 0. The summed E-state index contributed by atoms with van der Waals surface area (Å²) in [5.74, 6) is 0.0942. The van der Waals surface area contributed by atoms with Gasteiger partial charge in [-0.3, -0.25) is 9.59 Å². The van der Waals surface area contributed by atoms with E-state index in [0.29, 0.717) is 6.42 Å². The van der Waals surface area contributed by atoms with E-state index < -0.39 is 5.41 Å². The number of carbonyl (C=O) groups excluding carboxylic acids is 2. The van der Waals surface area contributed by atoms with E-state index in [1.54, 1.807) is 13.8 Å². The van der Waals surface area contributed by atoms with E-state index in [1.165, 1.54) is 0 Å². The molecule has 10 heavy (non-hydrogen) atoms. The van der Waals surface area contributed by atoms with Crippen molar-refractivity contribution >= 4 is 11.7 Å². The minimum absolute atomic E-state index is 0.0212.